The quantitative estimate of drug-likeness (QED) is 0.150. The zero-order valence-electron chi connectivity index (χ0n) is 21.4. The second kappa shape index (κ2) is 12.3. The molecule has 39 heavy (non-hydrogen) atoms. The highest BCUT2D eigenvalue weighted by Gasteiger charge is 2.30. The third-order valence-electron chi connectivity index (χ3n) is 6.64. The molecule has 0 saturated heterocycles. The number of nitrogens with two attached hydrogens (primary N) is 1. The van der Waals surface area contributed by atoms with Crippen molar-refractivity contribution in [3.8, 4) is 0 Å². The Morgan fingerprint density at radius 1 is 0.846 bits per heavy atom. The molecule has 0 aliphatic carbocycles. The van der Waals surface area contributed by atoms with Crippen molar-refractivity contribution in [3.63, 3.8) is 0 Å². The normalized spacial score (nSPS) is 13.5. The number of aromatic nitrogens is 2. The molecule has 0 saturated carbocycles. The number of aromatic amines is 2. The minimum Gasteiger partial charge on any atom is -0.481 e. The van der Waals surface area contributed by atoms with Crippen LogP contribution in [0, 0.1) is 0 Å². The van der Waals surface area contributed by atoms with Gasteiger partial charge in [0.25, 0.3) is 0 Å². The molecule has 0 aliphatic heterocycles. The van der Waals surface area contributed by atoms with Gasteiger partial charge in [-0.05, 0) is 29.7 Å². The molecule has 11 heteroatoms. The van der Waals surface area contributed by atoms with Crippen molar-refractivity contribution >= 4 is 45.6 Å². The second-order valence-corrected chi connectivity index (χ2v) is 9.31. The molecular formula is C28H31N5O6. The summed E-state index contributed by atoms with van der Waals surface area (Å²) in [6, 6.07) is 11.9. The van der Waals surface area contributed by atoms with E-state index in [9.17, 15) is 19.2 Å². The number of fused-ring (bicyclic) bond motifs is 2. The van der Waals surface area contributed by atoms with E-state index >= 15 is 0 Å². The van der Waals surface area contributed by atoms with Crippen LogP contribution < -0.4 is 16.4 Å². The van der Waals surface area contributed by atoms with Gasteiger partial charge in [-0.15, -0.1) is 0 Å². The summed E-state index contributed by atoms with van der Waals surface area (Å²) in [4.78, 5) is 56.3. The van der Waals surface area contributed by atoms with Crippen LogP contribution in [0.25, 0.3) is 21.8 Å². The number of hydrogen-bond donors (Lipinski definition) is 6. The molecule has 2 heterocycles. The van der Waals surface area contributed by atoms with E-state index in [2.05, 4.69) is 20.6 Å². The summed E-state index contributed by atoms with van der Waals surface area (Å²) in [6.07, 6.45) is 3.42. The molecule has 4 aromatic rings. The third kappa shape index (κ3) is 6.63. The van der Waals surface area contributed by atoms with E-state index in [4.69, 9.17) is 15.6 Å². The lowest BCUT2D eigenvalue weighted by Gasteiger charge is -2.23. The lowest BCUT2D eigenvalue weighted by molar-refractivity contribution is -0.145. The Hall–Kier alpha value is -4.64. The van der Waals surface area contributed by atoms with Gasteiger partial charge in [-0.2, -0.15) is 0 Å². The number of amides is 2. The van der Waals surface area contributed by atoms with E-state index in [1.807, 2.05) is 48.5 Å². The van der Waals surface area contributed by atoms with Crippen LogP contribution >= 0.6 is 0 Å². The van der Waals surface area contributed by atoms with Crippen molar-refractivity contribution in [2.75, 3.05) is 7.11 Å². The van der Waals surface area contributed by atoms with Crippen molar-refractivity contribution in [1.82, 2.24) is 20.6 Å². The summed E-state index contributed by atoms with van der Waals surface area (Å²) in [6.45, 7) is 0. The predicted octanol–water partition coefficient (Wildman–Crippen LogP) is 1.77. The Kier molecular flexibility index (Phi) is 8.62. The molecule has 0 aliphatic rings. The number of nitrogens with one attached hydrogen (secondary N) is 4. The third-order valence-corrected chi connectivity index (χ3v) is 6.64. The number of rotatable bonds is 12. The van der Waals surface area contributed by atoms with Gasteiger partial charge >= 0.3 is 11.9 Å². The van der Waals surface area contributed by atoms with Crippen molar-refractivity contribution < 1.29 is 29.0 Å². The molecule has 0 unspecified atom stereocenters. The Morgan fingerprint density at radius 3 is 1.90 bits per heavy atom. The number of para-hydroxylation sites is 2. The van der Waals surface area contributed by atoms with E-state index in [0.717, 1.165) is 32.9 Å². The fourth-order valence-corrected chi connectivity index (χ4v) is 4.55. The first-order valence-corrected chi connectivity index (χ1v) is 12.5. The van der Waals surface area contributed by atoms with Gasteiger partial charge in [-0.3, -0.25) is 14.4 Å². The van der Waals surface area contributed by atoms with Crippen molar-refractivity contribution in [3.05, 3.63) is 72.1 Å². The summed E-state index contributed by atoms with van der Waals surface area (Å²) in [7, 11) is 1.24. The van der Waals surface area contributed by atoms with Crippen LogP contribution in [0.2, 0.25) is 0 Å². The van der Waals surface area contributed by atoms with Crippen LogP contribution in [-0.4, -0.2) is 64.1 Å². The molecule has 204 valence electrons. The van der Waals surface area contributed by atoms with Gasteiger partial charge in [0.1, 0.15) is 12.1 Å². The Morgan fingerprint density at radius 2 is 1.36 bits per heavy atom. The molecule has 0 radical (unpaired) electrons. The number of carbonyl (C=O) groups is 4. The topological polar surface area (TPSA) is 179 Å². The standard InChI is InChI=1S/C28H31N5O6/c1-39-28(38)24(13-17-15-31-22-9-5-3-7-19(17)22)33-27(37)23(32-26(36)20(29)10-11-25(34)35)12-16-14-30-21-8-4-2-6-18(16)21/h2-9,14-15,20,23-24,30-31H,10-13,29H2,1H3,(H,32,36)(H,33,37)(H,34,35)/t20-,23-,24-/m0/s1. The van der Waals surface area contributed by atoms with Gasteiger partial charge in [0.15, 0.2) is 0 Å². The van der Waals surface area contributed by atoms with E-state index in [0.29, 0.717) is 0 Å². The molecule has 0 spiro atoms. The number of aliphatic carboxylic acids is 1. The average molecular weight is 534 g/mol. The van der Waals surface area contributed by atoms with E-state index in [-0.39, 0.29) is 25.7 Å². The monoisotopic (exact) mass is 533 g/mol. The smallest absolute Gasteiger partial charge is 0.328 e. The second-order valence-electron chi connectivity index (χ2n) is 9.31. The summed E-state index contributed by atoms with van der Waals surface area (Å²) >= 11 is 0. The van der Waals surface area contributed by atoms with Crippen molar-refractivity contribution in [1.29, 1.82) is 0 Å². The average Bonchev–Trinajstić information content (AvgIpc) is 3.54. The Balaban J connectivity index is 1.57. The lowest BCUT2D eigenvalue weighted by Crippen LogP contribution is -2.55. The first-order chi connectivity index (χ1) is 18.8. The van der Waals surface area contributed by atoms with Gasteiger partial charge in [-0.1, -0.05) is 36.4 Å². The molecule has 7 N–H and O–H groups in total. The summed E-state index contributed by atoms with van der Waals surface area (Å²) < 4.78 is 4.96. The molecule has 2 aromatic heterocycles. The van der Waals surface area contributed by atoms with E-state index < -0.39 is 41.9 Å². The number of carboxylic acid groups (broad SMARTS) is 1. The molecule has 2 amide bonds. The van der Waals surface area contributed by atoms with Crippen LogP contribution in [0.1, 0.15) is 24.0 Å². The number of carbonyl (C=O) groups excluding carboxylic acids is 3. The summed E-state index contributed by atoms with van der Waals surface area (Å²) in [5, 5.41) is 16.1. The first kappa shape index (κ1) is 27.4. The number of benzene rings is 2. The van der Waals surface area contributed by atoms with E-state index in [1.165, 1.54) is 7.11 Å². The molecule has 4 rings (SSSR count). The van der Waals surface area contributed by atoms with Crippen molar-refractivity contribution in [2.45, 2.75) is 43.8 Å². The van der Waals surface area contributed by atoms with Crippen LogP contribution in [0.4, 0.5) is 0 Å². The molecule has 2 aromatic carbocycles. The Bertz CT molecular complexity index is 1490. The highest BCUT2D eigenvalue weighted by Crippen LogP contribution is 2.21. The number of ether oxygens (including phenoxy) is 1. The maximum absolute atomic E-state index is 13.6. The number of carboxylic acids is 1. The first-order valence-electron chi connectivity index (χ1n) is 12.5. The lowest BCUT2D eigenvalue weighted by atomic mass is 10.0. The van der Waals surface area contributed by atoms with E-state index in [1.54, 1.807) is 12.4 Å². The zero-order chi connectivity index (χ0) is 27.9. The number of H-pyrrole nitrogens is 2. The van der Waals surface area contributed by atoms with Crippen molar-refractivity contribution in [2.24, 2.45) is 5.73 Å². The van der Waals surface area contributed by atoms with Crippen LogP contribution in [0.5, 0.6) is 0 Å². The largest absolute Gasteiger partial charge is 0.481 e. The maximum atomic E-state index is 13.6. The minimum absolute atomic E-state index is 0.0893. The summed E-state index contributed by atoms with van der Waals surface area (Å²) in [5.74, 6) is -2.98. The molecule has 3 atom stereocenters. The van der Waals surface area contributed by atoms with Crippen LogP contribution in [0.15, 0.2) is 60.9 Å². The fraction of sp³-hybridized carbons (Fsp3) is 0.286. The van der Waals surface area contributed by atoms with Gasteiger partial charge in [0.2, 0.25) is 11.8 Å². The zero-order valence-corrected chi connectivity index (χ0v) is 21.4. The van der Waals surface area contributed by atoms with Gasteiger partial charge in [0, 0.05) is 53.5 Å². The number of methoxy groups -OCH3 is 1. The van der Waals surface area contributed by atoms with Gasteiger partial charge < -0.3 is 36.2 Å². The number of hydrogen-bond acceptors (Lipinski definition) is 6. The van der Waals surface area contributed by atoms with Gasteiger partial charge in [-0.25, -0.2) is 4.79 Å². The molecule has 11 nitrogen and oxygen atoms in total. The molecule has 0 bridgehead atoms. The SMILES string of the molecule is COC(=O)[C@H](Cc1c[nH]c2ccccc12)NC(=O)[C@H](Cc1c[nH]c2ccccc12)NC(=O)[C@@H](N)CCC(=O)O. The highest BCUT2D eigenvalue weighted by atomic mass is 16.5. The molecular weight excluding hydrogens is 502 g/mol. The minimum atomic E-state index is -1.12. The fourth-order valence-electron chi connectivity index (χ4n) is 4.55. The van der Waals surface area contributed by atoms with Crippen LogP contribution in [0.3, 0.4) is 0 Å². The summed E-state index contributed by atoms with van der Waals surface area (Å²) in [5.41, 5.74) is 9.24. The maximum Gasteiger partial charge on any atom is 0.328 e. The van der Waals surface area contributed by atoms with Crippen LogP contribution in [-0.2, 0) is 36.8 Å². The van der Waals surface area contributed by atoms with Gasteiger partial charge in [0.05, 0.1) is 13.2 Å². The molecule has 0 fully saturated rings. The highest BCUT2D eigenvalue weighted by molar-refractivity contribution is 5.93. The predicted molar refractivity (Wildman–Crippen MR) is 145 cm³/mol. The Labute approximate surface area is 224 Å². The number of esters is 1.